The highest BCUT2D eigenvalue weighted by Crippen LogP contribution is 2.21. The molecule has 0 fully saturated rings. The molecule has 0 aliphatic carbocycles. The summed E-state index contributed by atoms with van der Waals surface area (Å²) in [4.78, 5) is 2.51. The van der Waals surface area contributed by atoms with Crippen LogP contribution in [-0.2, 0) is 0 Å². The summed E-state index contributed by atoms with van der Waals surface area (Å²) in [5, 5.41) is 0. The Morgan fingerprint density at radius 1 is 0.862 bits per heavy atom. The highest BCUT2D eigenvalue weighted by atomic mass is 16.5. The molecule has 0 saturated carbocycles. The third kappa shape index (κ3) is 12.5. The molecule has 0 radical (unpaired) electrons. The second kappa shape index (κ2) is 16.1. The number of hydrogen-bond donors (Lipinski definition) is 0. The lowest BCUT2D eigenvalue weighted by Gasteiger charge is -2.24. The van der Waals surface area contributed by atoms with Gasteiger partial charge in [-0.3, -0.25) is 0 Å². The fourth-order valence-electron chi connectivity index (χ4n) is 3.51. The van der Waals surface area contributed by atoms with Crippen LogP contribution in [0.15, 0.2) is 47.6 Å². The van der Waals surface area contributed by atoms with E-state index in [2.05, 4.69) is 69.0 Å². The van der Waals surface area contributed by atoms with E-state index in [-0.39, 0.29) is 0 Å². The summed E-state index contributed by atoms with van der Waals surface area (Å²) < 4.78 is 5.33. The average molecular weight is 400 g/mol. The predicted molar refractivity (Wildman–Crippen MR) is 130 cm³/mol. The number of allylic oxidation sites excluding steroid dienone is 3. The molecule has 0 amide bonds. The van der Waals surface area contributed by atoms with Crippen molar-refractivity contribution in [1.29, 1.82) is 0 Å². The van der Waals surface area contributed by atoms with Gasteiger partial charge < -0.3 is 9.64 Å². The molecular weight excluding hydrogens is 354 g/mol. The third-order valence-electron chi connectivity index (χ3n) is 5.47. The van der Waals surface area contributed by atoms with Gasteiger partial charge in [0.15, 0.2) is 0 Å². The van der Waals surface area contributed by atoms with E-state index in [0.717, 1.165) is 31.7 Å². The first-order chi connectivity index (χ1) is 14.1. The zero-order valence-electron chi connectivity index (χ0n) is 19.8. The molecule has 164 valence electrons. The molecule has 0 aliphatic rings. The summed E-state index contributed by atoms with van der Waals surface area (Å²) in [6.45, 7) is 11.0. The Morgan fingerprint density at radius 2 is 1.48 bits per heavy atom. The minimum atomic E-state index is 0.925. The van der Waals surface area contributed by atoms with E-state index in [1.54, 1.807) is 7.11 Å². The van der Waals surface area contributed by atoms with Crippen molar-refractivity contribution in [3.63, 3.8) is 0 Å². The lowest BCUT2D eigenvalue weighted by atomic mass is 10.1. The van der Waals surface area contributed by atoms with Crippen LogP contribution in [0.2, 0.25) is 0 Å². The largest absolute Gasteiger partial charge is 0.497 e. The Kier molecular flexibility index (Phi) is 14.1. The summed E-state index contributed by atoms with van der Waals surface area (Å²) >= 11 is 0. The Balaban J connectivity index is 2.53. The Bertz CT molecular complexity index is 581. The van der Waals surface area contributed by atoms with Gasteiger partial charge in [-0.05, 0) is 64.3 Å². The fourth-order valence-corrected chi connectivity index (χ4v) is 3.51. The van der Waals surface area contributed by atoms with Gasteiger partial charge in [-0.2, -0.15) is 0 Å². The quantitative estimate of drug-likeness (QED) is 0.204. The molecular formula is C27H45NO. The normalized spacial score (nSPS) is 11.4. The first-order valence-electron chi connectivity index (χ1n) is 11.7. The number of hydrogen-bond acceptors (Lipinski definition) is 2. The van der Waals surface area contributed by atoms with E-state index in [4.69, 9.17) is 4.74 Å². The highest BCUT2D eigenvalue weighted by molar-refractivity contribution is 5.49. The maximum atomic E-state index is 5.33. The summed E-state index contributed by atoms with van der Waals surface area (Å²) in [7, 11) is 1.73. The van der Waals surface area contributed by atoms with E-state index >= 15 is 0 Å². The molecule has 0 spiro atoms. The van der Waals surface area contributed by atoms with Crippen molar-refractivity contribution in [1.82, 2.24) is 0 Å². The van der Waals surface area contributed by atoms with Gasteiger partial charge in [-0.1, -0.05) is 75.2 Å². The van der Waals surface area contributed by atoms with Crippen molar-refractivity contribution in [2.45, 2.75) is 91.9 Å². The number of ether oxygens (including phenoxy) is 1. The zero-order valence-corrected chi connectivity index (χ0v) is 19.8. The number of benzene rings is 1. The minimum Gasteiger partial charge on any atom is -0.497 e. The van der Waals surface area contributed by atoms with Crippen molar-refractivity contribution < 1.29 is 4.74 Å². The topological polar surface area (TPSA) is 12.5 Å². The first-order valence-corrected chi connectivity index (χ1v) is 11.7. The van der Waals surface area contributed by atoms with Gasteiger partial charge in [0.1, 0.15) is 5.75 Å². The summed E-state index contributed by atoms with van der Waals surface area (Å²) in [6.07, 6.45) is 17.9. The molecule has 1 aromatic rings. The standard InChI is InChI=1S/C27H45NO/c1-6-7-8-9-10-11-12-13-22-28(26-17-19-27(29-5)20-18-26)23-21-25(4)16-14-15-24(2)3/h15,17-21H,6-14,16,22-23H2,1-5H3/b25-21+. The Hall–Kier alpha value is -1.70. The number of rotatable bonds is 16. The molecule has 0 heterocycles. The molecule has 0 aromatic heterocycles. The Morgan fingerprint density at radius 3 is 2.07 bits per heavy atom. The van der Waals surface area contributed by atoms with Crippen LogP contribution in [0.5, 0.6) is 5.75 Å². The molecule has 0 N–H and O–H groups in total. The summed E-state index contributed by atoms with van der Waals surface area (Å²) in [5.74, 6) is 0.925. The van der Waals surface area contributed by atoms with Gasteiger partial charge in [0.05, 0.1) is 7.11 Å². The van der Waals surface area contributed by atoms with E-state index in [0.29, 0.717) is 0 Å². The highest BCUT2D eigenvalue weighted by Gasteiger charge is 2.06. The first kappa shape index (κ1) is 25.3. The van der Waals surface area contributed by atoms with Crippen molar-refractivity contribution in [2.24, 2.45) is 0 Å². The average Bonchev–Trinajstić information content (AvgIpc) is 2.72. The van der Waals surface area contributed by atoms with Crippen molar-refractivity contribution in [3.05, 3.63) is 47.6 Å². The van der Waals surface area contributed by atoms with Gasteiger partial charge in [0, 0.05) is 18.8 Å². The molecule has 0 atom stereocenters. The lowest BCUT2D eigenvalue weighted by Crippen LogP contribution is -2.24. The second-order valence-electron chi connectivity index (χ2n) is 8.49. The van der Waals surface area contributed by atoms with Crippen LogP contribution < -0.4 is 9.64 Å². The van der Waals surface area contributed by atoms with Crippen LogP contribution >= 0.6 is 0 Å². The monoisotopic (exact) mass is 399 g/mol. The van der Waals surface area contributed by atoms with Gasteiger partial charge in [-0.25, -0.2) is 0 Å². The molecule has 1 rings (SSSR count). The molecule has 29 heavy (non-hydrogen) atoms. The molecule has 2 heteroatoms. The van der Waals surface area contributed by atoms with Crippen LogP contribution in [0.25, 0.3) is 0 Å². The molecule has 0 bridgehead atoms. The van der Waals surface area contributed by atoms with E-state index < -0.39 is 0 Å². The number of nitrogens with zero attached hydrogens (tertiary/aromatic N) is 1. The predicted octanol–water partition coefficient (Wildman–Crippen LogP) is 8.34. The molecule has 1 aromatic carbocycles. The molecule has 0 aliphatic heterocycles. The van der Waals surface area contributed by atoms with Gasteiger partial charge in [0.25, 0.3) is 0 Å². The second-order valence-corrected chi connectivity index (χ2v) is 8.49. The van der Waals surface area contributed by atoms with E-state index in [1.165, 1.54) is 68.2 Å². The number of anilines is 1. The zero-order chi connectivity index (χ0) is 21.3. The Labute approximate surface area is 181 Å². The van der Waals surface area contributed by atoms with Crippen LogP contribution in [-0.4, -0.2) is 20.2 Å². The smallest absolute Gasteiger partial charge is 0.119 e. The molecule has 0 saturated heterocycles. The van der Waals surface area contributed by atoms with E-state index in [9.17, 15) is 0 Å². The number of methoxy groups -OCH3 is 1. The lowest BCUT2D eigenvalue weighted by molar-refractivity contribution is 0.415. The van der Waals surface area contributed by atoms with Crippen molar-refractivity contribution in [3.8, 4) is 5.75 Å². The van der Waals surface area contributed by atoms with Crippen molar-refractivity contribution >= 4 is 5.69 Å². The van der Waals surface area contributed by atoms with Gasteiger partial charge >= 0.3 is 0 Å². The van der Waals surface area contributed by atoms with Crippen molar-refractivity contribution in [2.75, 3.05) is 25.1 Å². The maximum Gasteiger partial charge on any atom is 0.119 e. The van der Waals surface area contributed by atoms with Crippen LogP contribution in [0, 0.1) is 0 Å². The summed E-state index contributed by atoms with van der Waals surface area (Å²) in [6, 6.07) is 8.52. The molecule has 2 nitrogen and oxygen atoms in total. The maximum absolute atomic E-state index is 5.33. The summed E-state index contributed by atoms with van der Waals surface area (Å²) in [5.41, 5.74) is 4.19. The van der Waals surface area contributed by atoms with Crippen LogP contribution in [0.3, 0.4) is 0 Å². The van der Waals surface area contributed by atoms with Crippen LogP contribution in [0.4, 0.5) is 5.69 Å². The van der Waals surface area contributed by atoms with Gasteiger partial charge in [0.2, 0.25) is 0 Å². The number of unbranched alkanes of at least 4 members (excludes halogenated alkanes) is 7. The molecule has 0 unspecified atom stereocenters. The van der Waals surface area contributed by atoms with Gasteiger partial charge in [-0.15, -0.1) is 0 Å². The SMILES string of the molecule is CCCCCCCCCCN(C/C=C(\C)CCC=C(C)C)c1ccc(OC)cc1. The minimum absolute atomic E-state index is 0.925. The third-order valence-corrected chi connectivity index (χ3v) is 5.47. The van der Waals surface area contributed by atoms with Crippen LogP contribution in [0.1, 0.15) is 91.9 Å². The fraction of sp³-hybridized carbons (Fsp3) is 0.630. The van der Waals surface area contributed by atoms with E-state index in [1.807, 2.05) is 0 Å².